The van der Waals surface area contributed by atoms with Crippen molar-refractivity contribution in [1.82, 2.24) is 4.98 Å². The first-order valence-corrected chi connectivity index (χ1v) is 10.5. The van der Waals surface area contributed by atoms with Gasteiger partial charge in [-0.1, -0.05) is 12.1 Å². The Balaban J connectivity index is 1.83. The Morgan fingerprint density at radius 2 is 2.00 bits per heavy atom. The number of carbonyl (C=O) groups excluding carboxylic acids is 2. The van der Waals surface area contributed by atoms with Crippen molar-refractivity contribution < 1.29 is 18.6 Å². The van der Waals surface area contributed by atoms with E-state index in [1.54, 1.807) is 14.0 Å². The highest BCUT2D eigenvalue weighted by Crippen LogP contribution is 2.32. The fraction of sp³-hybridized carbons (Fsp3) is 0.409. The number of rotatable bonds is 8. The molecule has 5 N–H and O–H groups in total. The van der Waals surface area contributed by atoms with Crippen molar-refractivity contribution in [2.75, 3.05) is 30.5 Å². The molecule has 1 fully saturated rings. The maximum Gasteiger partial charge on any atom is 0.252 e. The number of amides is 1. The Bertz CT molecular complexity index is 972. The number of nitrogens with one attached hydrogen (secondary N) is 1. The van der Waals surface area contributed by atoms with Gasteiger partial charge in [-0.25, -0.2) is 15.2 Å². The number of likely N-dealkylation sites (tertiary alicyclic amines) is 1. The Morgan fingerprint density at radius 3 is 2.56 bits per heavy atom. The number of halogens is 1. The van der Waals surface area contributed by atoms with Gasteiger partial charge in [-0.15, -0.1) is 0 Å². The lowest BCUT2D eigenvalue weighted by Gasteiger charge is -2.44. The number of pyridine rings is 1. The van der Waals surface area contributed by atoms with Crippen LogP contribution >= 0.6 is 0 Å². The summed E-state index contributed by atoms with van der Waals surface area (Å²) >= 11 is 0. The average Bonchev–Trinajstić information content (AvgIpc) is 2.75. The van der Waals surface area contributed by atoms with Gasteiger partial charge < -0.3 is 25.7 Å². The summed E-state index contributed by atoms with van der Waals surface area (Å²) in [4.78, 5) is 26.8. The first kappa shape index (κ1) is 23.6. The van der Waals surface area contributed by atoms with E-state index in [-0.39, 0.29) is 28.3 Å². The molecule has 1 saturated heterocycles. The summed E-state index contributed by atoms with van der Waals surface area (Å²) in [7, 11) is 1.70. The number of carbonyl (C=O) groups is 2. The van der Waals surface area contributed by atoms with Crippen LogP contribution in [0, 0.1) is 11.0 Å². The summed E-state index contributed by atoms with van der Waals surface area (Å²) in [6, 6.07) is 8.08. The molecule has 1 amide bonds. The van der Waals surface area contributed by atoms with E-state index in [1.165, 1.54) is 0 Å². The minimum absolute atomic E-state index is 0.0625. The van der Waals surface area contributed by atoms with Crippen molar-refractivity contribution in [2.24, 2.45) is 11.6 Å². The number of benzene rings is 1. The number of quaternary nitrogens is 1. The van der Waals surface area contributed by atoms with E-state index in [0.29, 0.717) is 31.0 Å². The number of hydroxylamine groups is 3. The lowest BCUT2D eigenvalue weighted by molar-refractivity contribution is -0.866. The number of nitrogens with two attached hydrogens (primary N) is 2. The molecule has 0 radical (unpaired) electrons. The molecule has 1 aromatic carbocycles. The van der Waals surface area contributed by atoms with Gasteiger partial charge in [0.1, 0.15) is 12.1 Å². The van der Waals surface area contributed by atoms with Gasteiger partial charge in [0.05, 0.1) is 31.7 Å². The van der Waals surface area contributed by atoms with Crippen LogP contribution in [0.5, 0.6) is 0 Å². The number of nitrogens with zero attached hydrogens (tertiary/aromatic N) is 3. The van der Waals surface area contributed by atoms with Gasteiger partial charge in [-0.3, -0.25) is 9.80 Å². The Kier molecular flexibility index (Phi) is 7.07. The quantitative estimate of drug-likeness (QED) is 0.187. The van der Waals surface area contributed by atoms with Crippen LogP contribution in [-0.4, -0.2) is 48.0 Å². The maximum absolute atomic E-state index is 14.6. The van der Waals surface area contributed by atoms with Crippen molar-refractivity contribution in [2.45, 2.75) is 38.1 Å². The predicted octanol–water partition coefficient (Wildman–Crippen LogP) is 2.54. The lowest BCUT2D eigenvalue weighted by Crippen LogP contribution is -2.43. The van der Waals surface area contributed by atoms with Crippen LogP contribution in [0.25, 0.3) is 0 Å². The molecule has 2 aromatic rings. The largest absolute Gasteiger partial charge is 0.633 e. The smallest absolute Gasteiger partial charge is 0.252 e. The summed E-state index contributed by atoms with van der Waals surface area (Å²) in [5.41, 5.74) is 7.06. The highest BCUT2D eigenvalue weighted by Gasteiger charge is 2.25. The van der Waals surface area contributed by atoms with Crippen LogP contribution in [0.15, 0.2) is 30.3 Å². The first-order chi connectivity index (χ1) is 15.1. The molecule has 1 atom stereocenters. The van der Waals surface area contributed by atoms with Crippen LogP contribution < -0.4 is 21.9 Å². The highest BCUT2D eigenvalue weighted by molar-refractivity contribution is 5.98. The zero-order valence-electron chi connectivity index (χ0n) is 18.3. The van der Waals surface area contributed by atoms with Gasteiger partial charge in [-0.2, -0.15) is 0 Å². The first-order valence-electron chi connectivity index (χ1n) is 10.5. The number of anilines is 3. The van der Waals surface area contributed by atoms with Gasteiger partial charge in [0, 0.05) is 24.9 Å². The normalized spacial score (nSPS) is 21.6. The number of aldehydes is 1. The molecule has 0 spiro atoms. The molecule has 0 bridgehead atoms. The van der Waals surface area contributed by atoms with Gasteiger partial charge in [0.15, 0.2) is 11.6 Å². The van der Waals surface area contributed by atoms with Crippen LogP contribution in [0.4, 0.5) is 21.7 Å². The number of hydrogen-bond acceptors (Lipinski definition) is 7. The lowest BCUT2D eigenvalue weighted by atomic mass is 9.89. The number of piperidine rings is 1. The minimum atomic E-state index is -0.840. The van der Waals surface area contributed by atoms with E-state index in [9.17, 15) is 19.2 Å². The second kappa shape index (κ2) is 9.60. The van der Waals surface area contributed by atoms with E-state index in [0.717, 1.165) is 29.5 Å². The second-order valence-corrected chi connectivity index (χ2v) is 8.48. The van der Waals surface area contributed by atoms with E-state index in [2.05, 4.69) is 10.3 Å². The third-order valence-electron chi connectivity index (χ3n) is 5.93. The van der Waals surface area contributed by atoms with Gasteiger partial charge >= 0.3 is 0 Å². The van der Waals surface area contributed by atoms with Crippen molar-refractivity contribution in [3.63, 3.8) is 0 Å². The highest BCUT2D eigenvalue weighted by atomic mass is 19.1. The molecular weight excluding hydrogens is 415 g/mol. The van der Waals surface area contributed by atoms with Crippen molar-refractivity contribution in [1.29, 1.82) is 0 Å². The fourth-order valence-corrected chi connectivity index (χ4v) is 3.83. The Labute approximate surface area is 186 Å². The van der Waals surface area contributed by atoms with E-state index in [1.807, 2.05) is 24.3 Å². The monoisotopic (exact) mass is 444 g/mol. The number of hydrazine groups is 1. The van der Waals surface area contributed by atoms with Gasteiger partial charge in [0.25, 0.3) is 5.91 Å². The molecule has 172 valence electrons. The molecule has 1 aromatic heterocycles. The van der Waals surface area contributed by atoms with Crippen molar-refractivity contribution in [3.05, 3.63) is 52.5 Å². The van der Waals surface area contributed by atoms with E-state index >= 15 is 0 Å². The number of aromatic nitrogens is 1. The SMILES string of the molecule is C[C@H](CC=O)N(N)c1nc(Nc2ccc(C3CC[N+](C)([O-])CC3)cc2)c(C(N)=O)cc1F. The molecule has 32 heavy (non-hydrogen) atoms. The third kappa shape index (κ3) is 5.39. The molecule has 3 rings (SSSR count). The summed E-state index contributed by atoms with van der Waals surface area (Å²) < 4.78 is 14.4. The van der Waals surface area contributed by atoms with E-state index < -0.39 is 17.8 Å². The molecule has 9 nitrogen and oxygen atoms in total. The predicted molar refractivity (Wildman–Crippen MR) is 121 cm³/mol. The molecule has 0 unspecified atom stereocenters. The molecule has 0 aliphatic carbocycles. The average molecular weight is 445 g/mol. The van der Waals surface area contributed by atoms with Crippen molar-refractivity contribution >= 4 is 29.5 Å². The van der Waals surface area contributed by atoms with Crippen LogP contribution in [0.2, 0.25) is 0 Å². The summed E-state index contributed by atoms with van der Waals surface area (Å²) in [5.74, 6) is 4.46. The zero-order valence-corrected chi connectivity index (χ0v) is 18.3. The van der Waals surface area contributed by atoms with Crippen LogP contribution in [0.1, 0.15) is 48.0 Å². The molecule has 2 heterocycles. The van der Waals surface area contributed by atoms with Gasteiger partial charge in [0.2, 0.25) is 0 Å². The summed E-state index contributed by atoms with van der Waals surface area (Å²) in [6.07, 6.45) is 2.42. The summed E-state index contributed by atoms with van der Waals surface area (Å²) in [5, 5.41) is 16.1. The molecule has 1 aliphatic rings. The Hall–Kier alpha value is -3.08. The molecule has 10 heteroatoms. The molecule has 1 aliphatic heterocycles. The van der Waals surface area contributed by atoms with Crippen LogP contribution in [0.3, 0.4) is 0 Å². The molecular formula is C22H29FN6O3. The van der Waals surface area contributed by atoms with Gasteiger partial charge in [-0.05, 0) is 36.6 Å². The second-order valence-electron chi connectivity index (χ2n) is 8.48. The Morgan fingerprint density at radius 1 is 1.38 bits per heavy atom. The minimum Gasteiger partial charge on any atom is -0.633 e. The standard InChI is InChI=1S/C22H29FN6O3/c1-14(9-12-30)28(25)22-19(23)13-18(20(24)31)21(27-22)26-17-5-3-15(4-6-17)16-7-10-29(2,32)11-8-16/h3-6,12-14,16H,7-11,25H2,1-2H3,(H2,24,31)(H,26,27)/t14-,16?,29?/m1/s1. The van der Waals surface area contributed by atoms with Crippen molar-refractivity contribution in [3.8, 4) is 0 Å². The van der Waals surface area contributed by atoms with E-state index in [4.69, 9.17) is 11.6 Å². The summed E-state index contributed by atoms with van der Waals surface area (Å²) in [6.45, 7) is 2.84. The topological polar surface area (TPSA) is 137 Å². The fourth-order valence-electron chi connectivity index (χ4n) is 3.83. The molecule has 0 saturated carbocycles. The number of hydrogen-bond donors (Lipinski definition) is 3. The zero-order chi connectivity index (χ0) is 23.5. The third-order valence-corrected chi connectivity index (χ3v) is 5.93. The number of primary amides is 1. The van der Waals surface area contributed by atoms with Crippen LogP contribution in [-0.2, 0) is 4.79 Å². The maximum atomic E-state index is 14.6.